The summed E-state index contributed by atoms with van der Waals surface area (Å²) in [4.78, 5) is 38.8. The molecule has 0 unspecified atom stereocenters. The third-order valence-electron chi connectivity index (χ3n) is 4.63. The Morgan fingerprint density at radius 3 is 2.64 bits per heavy atom. The molecule has 1 aliphatic rings. The van der Waals surface area contributed by atoms with Crippen molar-refractivity contribution in [1.29, 1.82) is 0 Å². The summed E-state index contributed by atoms with van der Waals surface area (Å²) >= 11 is 0. The Labute approximate surface area is 163 Å². The summed E-state index contributed by atoms with van der Waals surface area (Å²) in [5, 5.41) is 5.49. The molecule has 0 saturated heterocycles. The molecule has 1 aliphatic heterocycles. The van der Waals surface area contributed by atoms with Crippen molar-refractivity contribution in [2.45, 2.75) is 19.4 Å². The predicted molar refractivity (Wildman–Crippen MR) is 105 cm³/mol. The highest BCUT2D eigenvalue weighted by Crippen LogP contribution is 2.24. The van der Waals surface area contributed by atoms with E-state index in [0.29, 0.717) is 24.2 Å². The number of para-hydroxylation sites is 2. The SMILES string of the molecule is COc1ccccc1CCNC(=O)CN1C(=O)[C@H](C)NC(=O)c2ccccc21. The first kappa shape index (κ1) is 19.4. The molecule has 0 radical (unpaired) electrons. The van der Waals surface area contributed by atoms with E-state index in [1.54, 1.807) is 38.3 Å². The second kappa shape index (κ2) is 8.56. The van der Waals surface area contributed by atoms with Crippen LogP contribution in [0.2, 0.25) is 0 Å². The summed E-state index contributed by atoms with van der Waals surface area (Å²) in [6.07, 6.45) is 0.608. The van der Waals surface area contributed by atoms with Gasteiger partial charge in [0, 0.05) is 6.54 Å². The molecule has 7 heteroatoms. The summed E-state index contributed by atoms with van der Waals surface area (Å²) in [7, 11) is 1.61. The minimum absolute atomic E-state index is 0.152. The van der Waals surface area contributed by atoms with Crippen LogP contribution in [0.15, 0.2) is 48.5 Å². The molecule has 0 aliphatic carbocycles. The molecule has 0 fully saturated rings. The topological polar surface area (TPSA) is 87.7 Å². The number of nitrogens with zero attached hydrogens (tertiary/aromatic N) is 1. The molecule has 3 rings (SSSR count). The maximum atomic E-state index is 12.7. The number of carbonyl (C=O) groups excluding carboxylic acids is 3. The summed E-state index contributed by atoms with van der Waals surface area (Å²) in [6, 6.07) is 13.7. The normalized spacial score (nSPS) is 16.1. The van der Waals surface area contributed by atoms with Gasteiger partial charge in [0.05, 0.1) is 18.4 Å². The molecule has 2 N–H and O–H groups in total. The molecule has 0 bridgehead atoms. The number of ether oxygens (including phenoxy) is 1. The van der Waals surface area contributed by atoms with Crippen LogP contribution in [0.25, 0.3) is 0 Å². The average molecular weight is 381 g/mol. The number of fused-ring (bicyclic) bond motifs is 1. The Morgan fingerprint density at radius 1 is 1.14 bits per heavy atom. The van der Waals surface area contributed by atoms with Crippen molar-refractivity contribution in [1.82, 2.24) is 10.6 Å². The number of hydrogen-bond acceptors (Lipinski definition) is 4. The second-order valence-corrected chi connectivity index (χ2v) is 6.55. The van der Waals surface area contributed by atoms with Gasteiger partial charge in [-0.25, -0.2) is 0 Å². The molecule has 28 heavy (non-hydrogen) atoms. The fourth-order valence-corrected chi connectivity index (χ4v) is 3.20. The lowest BCUT2D eigenvalue weighted by Crippen LogP contribution is -2.47. The Balaban J connectivity index is 1.67. The van der Waals surface area contributed by atoms with Gasteiger partial charge in [0.1, 0.15) is 18.3 Å². The standard InChI is InChI=1S/C21H23N3O4/c1-14-21(27)24(17-9-5-4-8-16(17)20(26)23-14)13-19(25)22-12-11-15-7-3-6-10-18(15)28-2/h3-10,14H,11-13H2,1-2H3,(H,22,25)(H,23,26)/t14-/m0/s1. The van der Waals surface area contributed by atoms with Gasteiger partial charge < -0.3 is 20.3 Å². The zero-order chi connectivity index (χ0) is 20.1. The summed E-state index contributed by atoms with van der Waals surface area (Å²) in [5.74, 6) is -0.167. The van der Waals surface area contributed by atoms with Crippen LogP contribution >= 0.6 is 0 Å². The summed E-state index contributed by atoms with van der Waals surface area (Å²) in [5.41, 5.74) is 1.81. The average Bonchev–Trinajstić information content (AvgIpc) is 2.79. The second-order valence-electron chi connectivity index (χ2n) is 6.55. The van der Waals surface area contributed by atoms with E-state index in [2.05, 4.69) is 10.6 Å². The van der Waals surface area contributed by atoms with Crippen molar-refractivity contribution in [3.05, 3.63) is 59.7 Å². The largest absolute Gasteiger partial charge is 0.496 e. The number of anilines is 1. The van der Waals surface area contributed by atoms with Crippen LogP contribution in [0.5, 0.6) is 5.75 Å². The van der Waals surface area contributed by atoms with Gasteiger partial charge in [-0.3, -0.25) is 14.4 Å². The Bertz CT molecular complexity index is 897. The molecule has 0 saturated carbocycles. The van der Waals surface area contributed by atoms with Gasteiger partial charge in [-0.15, -0.1) is 0 Å². The van der Waals surface area contributed by atoms with Crippen LogP contribution in [0.3, 0.4) is 0 Å². The van der Waals surface area contributed by atoms with Crippen molar-refractivity contribution in [3.63, 3.8) is 0 Å². The maximum Gasteiger partial charge on any atom is 0.254 e. The minimum atomic E-state index is -0.707. The van der Waals surface area contributed by atoms with Crippen LogP contribution in [0, 0.1) is 0 Å². The highest BCUT2D eigenvalue weighted by atomic mass is 16.5. The fourth-order valence-electron chi connectivity index (χ4n) is 3.20. The molecule has 7 nitrogen and oxygen atoms in total. The van der Waals surface area contributed by atoms with Gasteiger partial charge in [0.15, 0.2) is 0 Å². The Hall–Kier alpha value is -3.35. The molecule has 1 heterocycles. The van der Waals surface area contributed by atoms with Crippen molar-refractivity contribution < 1.29 is 19.1 Å². The number of benzene rings is 2. The van der Waals surface area contributed by atoms with Crippen LogP contribution in [-0.2, 0) is 16.0 Å². The number of methoxy groups -OCH3 is 1. The fraction of sp³-hybridized carbons (Fsp3) is 0.286. The van der Waals surface area contributed by atoms with Crippen LogP contribution < -0.4 is 20.3 Å². The monoisotopic (exact) mass is 381 g/mol. The Kier molecular flexibility index (Phi) is 5.93. The van der Waals surface area contributed by atoms with Crippen molar-refractivity contribution in [2.75, 3.05) is 25.1 Å². The minimum Gasteiger partial charge on any atom is -0.496 e. The van der Waals surface area contributed by atoms with E-state index in [1.165, 1.54) is 4.90 Å². The van der Waals surface area contributed by atoms with E-state index in [9.17, 15) is 14.4 Å². The van der Waals surface area contributed by atoms with Gasteiger partial charge in [-0.1, -0.05) is 30.3 Å². The van der Waals surface area contributed by atoms with Crippen LogP contribution in [0.1, 0.15) is 22.8 Å². The van der Waals surface area contributed by atoms with Crippen LogP contribution in [-0.4, -0.2) is 44.0 Å². The third-order valence-corrected chi connectivity index (χ3v) is 4.63. The van der Waals surface area contributed by atoms with Gasteiger partial charge in [0.2, 0.25) is 11.8 Å². The maximum absolute atomic E-state index is 12.7. The number of amides is 3. The first-order valence-corrected chi connectivity index (χ1v) is 9.11. The van der Waals surface area contributed by atoms with E-state index in [-0.39, 0.29) is 24.3 Å². The van der Waals surface area contributed by atoms with Crippen molar-refractivity contribution >= 4 is 23.4 Å². The molecule has 1 atom stereocenters. The molecule has 0 spiro atoms. The van der Waals surface area contributed by atoms with Gasteiger partial charge >= 0.3 is 0 Å². The van der Waals surface area contributed by atoms with Gasteiger partial charge in [-0.2, -0.15) is 0 Å². The summed E-state index contributed by atoms with van der Waals surface area (Å²) < 4.78 is 5.31. The highest BCUT2D eigenvalue weighted by molar-refractivity contribution is 6.12. The quantitative estimate of drug-likeness (QED) is 0.794. The smallest absolute Gasteiger partial charge is 0.254 e. The molecule has 0 aromatic heterocycles. The van der Waals surface area contributed by atoms with E-state index >= 15 is 0 Å². The molecule has 3 amide bonds. The zero-order valence-corrected chi connectivity index (χ0v) is 15.9. The first-order chi connectivity index (χ1) is 13.5. The molecular weight excluding hydrogens is 358 g/mol. The molecular formula is C21H23N3O4. The van der Waals surface area contributed by atoms with E-state index in [4.69, 9.17) is 4.74 Å². The number of carbonyl (C=O) groups is 3. The predicted octanol–water partition coefficient (Wildman–Crippen LogP) is 1.52. The molecule has 2 aromatic rings. The number of nitrogens with one attached hydrogen (secondary N) is 2. The van der Waals surface area contributed by atoms with Gasteiger partial charge in [0.25, 0.3) is 5.91 Å². The van der Waals surface area contributed by atoms with Gasteiger partial charge in [-0.05, 0) is 37.1 Å². The Morgan fingerprint density at radius 2 is 1.86 bits per heavy atom. The lowest BCUT2D eigenvalue weighted by atomic mass is 10.1. The van der Waals surface area contributed by atoms with E-state index in [1.807, 2.05) is 24.3 Å². The van der Waals surface area contributed by atoms with Crippen LogP contribution in [0.4, 0.5) is 5.69 Å². The number of rotatable bonds is 6. The molecule has 2 aromatic carbocycles. The first-order valence-electron chi connectivity index (χ1n) is 9.11. The lowest BCUT2D eigenvalue weighted by molar-refractivity contribution is -0.124. The third kappa shape index (κ3) is 4.14. The molecule has 146 valence electrons. The highest BCUT2D eigenvalue weighted by Gasteiger charge is 2.32. The van der Waals surface area contributed by atoms with E-state index in [0.717, 1.165) is 11.3 Å². The summed E-state index contributed by atoms with van der Waals surface area (Å²) in [6.45, 7) is 1.87. The van der Waals surface area contributed by atoms with E-state index < -0.39 is 6.04 Å². The van der Waals surface area contributed by atoms with Crippen molar-refractivity contribution in [2.24, 2.45) is 0 Å². The number of hydrogen-bond donors (Lipinski definition) is 2. The lowest BCUT2D eigenvalue weighted by Gasteiger charge is -2.23. The van der Waals surface area contributed by atoms with Crippen molar-refractivity contribution in [3.8, 4) is 5.75 Å². The zero-order valence-electron chi connectivity index (χ0n) is 15.9.